The van der Waals surface area contributed by atoms with Crippen molar-refractivity contribution in [2.24, 2.45) is 0 Å². The van der Waals surface area contributed by atoms with Gasteiger partial charge in [-0.2, -0.15) is 0 Å². The van der Waals surface area contributed by atoms with Crippen molar-refractivity contribution in [2.45, 2.75) is 18.9 Å². The lowest BCUT2D eigenvalue weighted by atomic mass is 10.1. The molecule has 0 fully saturated rings. The van der Waals surface area contributed by atoms with Crippen molar-refractivity contribution in [1.29, 1.82) is 0 Å². The van der Waals surface area contributed by atoms with Crippen LogP contribution >= 0.6 is 0 Å². The molecule has 15 heavy (non-hydrogen) atoms. The zero-order valence-corrected chi connectivity index (χ0v) is 8.30. The molecule has 3 rings (SSSR count). The minimum atomic E-state index is 0.311. The van der Waals surface area contributed by atoms with Crippen molar-refractivity contribution in [3.05, 3.63) is 41.6 Å². The highest BCUT2D eigenvalue weighted by Gasteiger charge is 2.26. The van der Waals surface area contributed by atoms with Crippen LogP contribution in [0.4, 0.5) is 5.82 Å². The summed E-state index contributed by atoms with van der Waals surface area (Å²) in [5.74, 6) is 0.577. The summed E-state index contributed by atoms with van der Waals surface area (Å²) in [4.78, 5) is 0. The molecule has 0 bridgehead atoms. The van der Waals surface area contributed by atoms with Crippen molar-refractivity contribution in [1.82, 2.24) is 15.0 Å². The molecule has 1 atom stereocenters. The van der Waals surface area contributed by atoms with E-state index in [-0.39, 0.29) is 0 Å². The molecule has 1 aliphatic heterocycles. The van der Waals surface area contributed by atoms with Crippen LogP contribution in [-0.2, 0) is 6.42 Å². The summed E-state index contributed by atoms with van der Waals surface area (Å²) in [7, 11) is 0. The highest BCUT2D eigenvalue weighted by Crippen LogP contribution is 2.32. The number of nitrogen functional groups attached to an aromatic ring is 1. The van der Waals surface area contributed by atoms with Crippen LogP contribution in [0.5, 0.6) is 0 Å². The van der Waals surface area contributed by atoms with Crippen LogP contribution < -0.4 is 5.73 Å². The van der Waals surface area contributed by atoms with E-state index in [1.54, 1.807) is 0 Å². The fraction of sp³-hybridized carbons (Fsp3) is 0.273. The van der Waals surface area contributed by atoms with Crippen LogP contribution in [0.3, 0.4) is 0 Å². The Bertz CT molecular complexity index is 475. The Kier molecular flexibility index (Phi) is 1.74. The van der Waals surface area contributed by atoms with E-state index < -0.39 is 0 Å². The summed E-state index contributed by atoms with van der Waals surface area (Å²) in [6.45, 7) is 0. The molecule has 4 nitrogen and oxygen atoms in total. The van der Waals surface area contributed by atoms with Gasteiger partial charge in [0.2, 0.25) is 0 Å². The number of nitrogens with zero attached hydrogens (tertiary/aromatic N) is 3. The van der Waals surface area contributed by atoms with Gasteiger partial charge in [0.25, 0.3) is 0 Å². The van der Waals surface area contributed by atoms with Gasteiger partial charge in [-0.25, -0.2) is 4.68 Å². The van der Waals surface area contributed by atoms with Gasteiger partial charge < -0.3 is 5.73 Å². The van der Waals surface area contributed by atoms with E-state index >= 15 is 0 Å². The Labute approximate surface area is 87.7 Å². The third kappa shape index (κ3) is 1.21. The normalized spacial score (nSPS) is 19.1. The average Bonchev–Trinajstić information content (AvgIpc) is 2.83. The molecule has 76 valence electrons. The molecular formula is C11H12N4. The zero-order valence-electron chi connectivity index (χ0n) is 8.30. The maximum atomic E-state index is 5.74. The average molecular weight is 200 g/mol. The standard InChI is InChI=1S/C11H12N4/c12-11-10-7-6-9(15(10)14-13-11)8-4-2-1-3-5-8/h1-5,9H,6-7,12H2. The van der Waals surface area contributed by atoms with Gasteiger partial charge in [-0.3, -0.25) is 0 Å². The van der Waals surface area contributed by atoms with Gasteiger partial charge in [0.05, 0.1) is 11.7 Å². The summed E-state index contributed by atoms with van der Waals surface area (Å²) >= 11 is 0. The van der Waals surface area contributed by atoms with Gasteiger partial charge in [-0.05, 0) is 18.4 Å². The third-order valence-electron chi connectivity index (χ3n) is 2.96. The van der Waals surface area contributed by atoms with E-state index in [2.05, 4.69) is 22.4 Å². The zero-order chi connectivity index (χ0) is 10.3. The molecule has 2 N–H and O–H groups in total. The first-order chi connectivity index (χ1) is 7.36. The lowest BCUT2D eigenvalue weighted by molar-refractivity contribution is 0.534. The lowest BCUT2D eigenvalue weighted by Gasteiger charge is -2.10. The highest BCUT2D eigenvalue weighted by atomic mass is 15.5. The molecule has 0 saturated heterocycles. The van der Waals surface area contributed by atoms with E-state index in [1.807, 2.05) is 22.9 Å². The van der Waals surface area contributed by atoms with Gasteiger partial charge in [0.1, 0.15) is 0 Å². The fourth-order valence-electron chi connectivity index (χ4n) is 2.20. The Hall–Kier alpha value is -1.84. The Morgan fingerprint density at radius 1 is 1.27 bits per heavy atom. The number of aromatic nitrogens is 3. The van der Waals surface area contributed by atoms with Crippen molar-refractivity contribution in [2.75, 3.05) is 5.73 Å². The second kappa shape index (κ2) is 3.08. The van der Waals surface area contributed by atoms with Gasteiger partial charge in [0, 0.05) is 0 Å². The molecule has 0 spiro atoms. The molecule has 4 heteroatoms. The Morgan fingerprint density at radius 3 is 2.87 bits per heavy atom. The minimum absolute atomic E-state index is 0.311. The van der Waals surface area contributed by atoms with E-state index in [9.17, 15) is 0 Å². The first-order valence-electron chi connectivity index (χ1n) is 5.11. The maximum Gasteiger partial charge on any atom is 0.169 e. The lowest BCUT2D eigenvalue weighted by Crippen LogP contribution is -2.07. The molecule has 0 radical (unpaired) electrons. The van der Waals surface area contributed by atoms with Crippen molar-refractivity contribution >= 4 is 5.82 Å². The summed E-state index contributed by atoms with van der Waals surface area (Å²) in [6, 6.07) is 10.7. The number of nitrogens with two attached hydrogens (primary N) is 1. The molecule has 0 saturated carbocycles. The largest absolute Gasteiger partial charge is 0.381 e. The highest BCUT2D eigenvalue weighted by molar-refractivity contribution is 5.37. The molecular weight excluding hydrogens is 188 g/mol. The van der Waals surface area contributed by atoms with Gasteiger partial charge in [-0.15, -0.1) is 5.10 Å². The number of rotatable bonds is 1. The smallest absolute Gasteiger partial charge is 0.169 e. The molecule has 1 aromatic heterocycles. The molecule has 2 heterocycles. The van der Waals surface area contributed by atoms with Crippen LogP contribution in [0, 0.1) is 0 Å². The quantitative estimate of drug-likeness (QED) is 0.757. The second-order valence-electron chi connectivity index (χ2n) is 3.83. The van der Waals surface area contributed by atoms with E-state index in [4.69, 9.17) is 5.73 Å². The molecule has 2 aromatic rings. The van der Waals surface area contributed by atoms with E-state index in [0.717, 1.165) is 18.5 Å². The van der Waals surface area contributed by atoms with Crippen molar-refractivity contribution in [3.63, 3.8) is 0 Å². The molecule has 1 aliphatic rings. The van der Waals surface area contributed by atoms with Gasteiger partial charge in [0.15, 0.2) is 5.82 Å². The predicted molar refractivity (Wildman–Crippen MR) is 57.3 cm³/mol. The maximum absolute atomic E-state index is 5.74. The number of hydrogen-bond donors (Lipinski definition) is 1. The Balaban J connectivity index is 2.04. The minimum Gasteiger partial charge on any atom is -0.381 e. The number of anilines is 1. The number of hydrogen-bond acceptors (Lipinski definition) is 3. The van der Waals surface area contributed by atoms with Crippen LogP contribution in [0.15, 0.2) is 30.3 Å². The molecule has 0 aliphatic carbocycles. The van der Waals surface area contributed by atoms with Crippen LogP contribution in [0.1, 0.15) is 23.7 Å². The summed E-state index contributed by atoms with van der Waals surface area (Å²) in [5.41, 5.74) is 8.09. The summed E-state index contributed by atoms with van der Waals surface area (Å²) < 4.78 is 1.95. The second-order valence-corrected chi connectivity index (χ2v) is 3.83. The van der Waals surface area contributed by atoms with E-state index in [0.29, 0.717) is 11.9 Å². The third-order valence-corrected chi connectivity index (χ3v) is 2.96. The summed E-state index contributed by atoms with van der Waals surface area (Å²) in [5, 5.41) is 8.00. The monoisotopic (exact) mass is 200 g/mol. The van der Waals surface area contributed by atoms with Crippen molar-refractivity contribution < 1.29 is 0 Å². The van der Waals surface area contributed by atoms with Crippen LogP contribution in [0.25, 0.3) is 0 Å². The van der Waals surface area contributed by atoms with Gasteiger partial charge >= 0.3 is 0 Å². The van der Waals surface area contributed by atoms with E-state index in [1.165, 1.54) is 5.56 Å². The molecule has 1 unspecified atom stereocenters. The first-order valence-corrected chi connectivity index (χ1v) is 5.11. The van der Waals surface area contributed by atoms with Crippen LogP contribution in [0.2, 0.25) is 0 Å². The SMILES string of the molecule is Nc1nnn2c1CCC2c1ccccc1. The summed E-state index contributed by atoms with van der Waals surface area (Å²) in [6.07, 6.45) is 2.04. The fourth-order valence-corrected chi connectivity index (χ4v) is 2.20. The molecule has 0 amide bonds. The topological polar surface area (TPSA) is 56.7 Å². The first kappa shape index (κ1) is 8.47. The Morgan fingerprint density at radius 2 is 2.07 bits per heavy atom. The number of benzene rings is 1. The number of fused-ring (bicyclic) bond motifs is 1. The van der Waals surface area contributed by atoms with Crippen LogP contribution in [-0.4, -0.2) is 15.0 Å². The van der Waals surface area contributed by atoms with Gasteiger partial charge in [-0.1, -0.05) is 35.5 Å². The molecule has 1 aromatic carbocycles. The van der Waals surface area contributed by atoms with Crippen molar-refractivity contribution in [3.8, 4) is 0 Å². The predicted octanol–water partition coefficient (Wildman–Crippen LogP) is 1.40.